The van der Waals surface area contributed by atoms with Crippen LogP contribution in [0, 0.1) is 17.8 Å². The summed E-state index contributed by atoms with van der Waals surface area (Å²) in [7, 11) is 0. The van der Waals surface area contributed by atoms with Gasteiger partial charge in [-0.15, -0.1) is 11.8 Å². The molecule has 0 aromatic heterocycles. The molecule has 2 saturated carbocycles. The number of aliphatic hydroxyl groups is 1. The van der Waals surface area contributed by atoms with Crippen molar-refractivity contribution in [2.24, 2.45) is 17.8 Å². The van der Waals surface area contributed by atoms with E-state index in [0.29, 0.717) is 5.92 Å². The molecular weight excluding hydrogens is 252 g/mol. The maximum atomic E-state index is 10.7. The smallest absolute Gasteiger partial charge is 0.0619 e. The van der Waals surface area contributed by atoms with Crippen LogP contribution in [0.15, 0.2) is 29.2 Å². The Kier molecular flexibility index (Phi) is 3.12. The number of fused-ring (bicyclic) bond motifs is 3. The Morgan fingerprint density at radius 2 is 2.11 bits per heavy atom. The second-order valence-corrected chi connectivity index (χ2v) is 7.76. The molecule has 0 spiro atoms. The first-order valence-corrected chi connectivity index (χ1v) is 8.69. The van der Waals surface area contributed by atoms with Gasteiger partial charge in [0.05, 0.1) is 6.10 Å². The molecule has 19 heavy (non-hydrogen) atoms. The standard InChI is InChI=1S/C17H22OS/c18-16(9-13-8-11-5-6-12(13)7-11)15-10-19-17-4-2-1-3-14(15)17/h1-4,11-13,15-16,18H,5-10H2. The summed E-state index contributed by atoms with van der Waals surface area (Å²) in [6.07, 6.45) is 6.65. The maximum absolute atomic E-state index is 10.7. The topological polar surface area (TPSA) is 20.2 Å². The van der Waals surface area contributed by atoms with Gasteiger partial charge in [0.25, 0.3) is 0 Å². The van der Waals surface area contributed by atoms with Gasteiger partial charge in [-0.2, -0.15) is 0 Å². The SMILES string of the molecule is OC(CC1CC2CCC1C2)C1CSc2ccccc21. The first-order valence-electron chi connectivity index (χ1n) is 7.71. The van der Waals surface area contributed by atoms with E-state index in [1.807, 2.05) is 11.8 Å². The Morgan fingerprint density at radius 1 is 1.21 bits per heavy atom. The van der Waals surface area contributed by atoms with Crippen LogP contribution in [0.2, 0.25) is 0 Å². The van der Waals surface area contributed by atoms with Crippen molar-refractivity contribution in [3.05, 3.63) is 29.8 Å². The minimum absolute atomic E-state index is 0.125. The zero-order valence-corrected chi connectivity index (χ0v) is 12.1. The van der Waals surface area contributed by atoms with Crippen LogP contribution < -0.4 is 0 Å². The van der Waals surface area contributed by atoms with Gasteiger partial charge >= 0.3 is 0 Å². The summed E-state index contributed by atoms with van der Waals surface area (Å²) in [4.78, 5) is 1.39. The summed E-state index contributed by atoms with van der Waals surface area (Å²) in [5.41, 5.74) is 1.39. The van der Waals surface area contributed by atoms with Gasteiger partial charge in [0, 0.05) is 16.6 Å². The van der Waals surface area contributed by atoms with Crippen molar-refractivity contribution in [3.63, 3.8) is 0 Å². The van der Waals surface area contributed by atoms with Crippen LogP contribution in [0.5, 0.6) is 0 Å². The molecule has 1 aromatic carbocycles. The van der Waals surface area contributed by atoms with E-state index in [9.17, 15) is 5.11 Å². The average Bonchev–Trinajstić information content (AvgIpc) is 3.13. The van der Waals surface area contributed by atoms with Gasteiger partial charge in [-0.3, -0.25) is 0 Å². The van der Waals surface area contributed by atoms with Crippen molar-refractivity contribution in [1.29, 1.82) is 0 Å². The van der Waals surface area contributed by atoms with Crippen LogP contribution in [0.1, 0.15) is 43.6 Å². The Balaban J connectivity index is 1.46. The van der Waals surface area contributed by atoms with Crippen LogP contribution >= 0.6 is 11.8 Å². The lowest BCUT2D eigenvalue weighted by Gasteiger charge is -2.27. The van der Waals surface area contributed by atoms with Gasteiger partial charge in [-0.25, -0.2) is 0 Å². The van der Waals surface area contributed by atoms with Gasteiger partial charge < -0.3 is 5.11 Å². The molecule has 1 aromatic rings. The highest BCUT2D eigenvalue weighted by molar-refractivity contribution is 7.99. The summed E-state index contributed by atoms with van der Waals surface area (Å²) >= 11 is 1.92. The molecular formula is C17H22OS. The highest BCUT2D eigenvalue weighted by atomic mass is 32.2. The van der Waals surface area contributed by atoms with E-state index in [4.69, 9.17) is 0 Å². The highest BCUT2D eigenvalue weighted by Crippen LogP contribution is 2.51. The molecule has 0 amide bonds. The van der Waals surface area contributed by atoms with Crippen molar-refractivity contribution < 1.29 is 5.11 Å². The number of hydrogen-bond donors (Lipinski definition) is 1. The number of rotatable bonds is 3. The highest BCUT2D eigenvalue weighted by Gasteiger charge is 2.41. The molecule has 3 aliphatic rings. The molecule has 0 saturated heterocycles. The van der Waals surface area contributed by atoms with E-state index in [1.165, 1.54) is 36.1 Å². The molecule has 2 aliphatic carbocycles. The van der Waals surface area contributed by atoms with Crippen LogP contribution in [-0.2, 0) is 0 Å². The summed E-state index contributed by atoms with van der Waals surface area (Å²) in [6.45, 7) is 0. The first kappa shape index (κ1) is 12.3. The second kappa shape index (κ2) is 4.82. The molecule has 1 heterocycles. The molecule has 1 aliphatic heterocycles. The Hall–Kier alpha value is -0.470. The second-order valence-electron chi connectivity index (χ2n) is 6.69. The molecule has 2 heteroatoms. The van der Waals surface area contributed by atoms with E-state index in [-0.39, 0.29) is 6.10 Å². The lowest BCUT2D eigenvalue weighted by Crippen LogP contribution is -2.24. The molecule has 0 radical (unpaired) electrons. The average molecular weight is 274 g/mol. The quantitative estimate of drug-likeness (QED) is 0.897. The third-order valence-corrected chi connectivity index (χ3v) is 6.84. The van der Waals surface area contributed by atoms with Gasteiger partial charge in [-0.1, -0.05) is 24.6 Å². The predicted molar refractivity (Wildman–Crippen MR) is 79.5 cm³/mol. The van der Waals surface area contributed by atoms with E-state index in [1.54, 1.807) is 0 Å². The van der Waals surface area contributed by atoms with Crippen LogP contribution in [0.25, 0.3) is 0 Å². The van der Waals surface area contributed by atoms with Gasteiger partial charge in [-0.05, 0) is 55.1 Å². The minimum Gasteiger partial charge on any atom is -0.392 e. The van der Waals surface area contributed by atoms with Crippen molar-refractivity contribution >= 4 is 11.8 Å². The molecule has 5 atom stereocenters. The number of aliphatic hydroxyl groups excluding tert-OH is 1. The number of hydrogen-bond acceptors (Lipinski definition) is 2. The van der Waals surface area contributed by atoms with Crippen molar-refractivity contribution in [2.75, 3.05) is 5.75 Å². The molecule has 4 rings (SSSR count). The van der Waals surface area contributed by atoms with Crippen molar-refractivity contribution in [1.82, 2.24) is 0 Å². The zero-order valence-electron chi connectivity index (χ0n) is 11.3. The fourth-order valence-corrected chi connectivity index (χ4v) is 5.97. The van der Waals surface area contributed by atoms with Crippen molar-refractivity contribution in [3.8, 4) is 0 Å². The van der Waals surface area contributed by atoms with Gasteiger partial charge in [0.1, 0.15) is 0 Å². The lowest BCUT2D eigenvalue weighted by atomic mass is 9.81. The van der Waals surface area contributed by atoms with Crippen LogP contribution in [-0.4, -0.2) is 17.0 Å². The molecule has 1 nitrogen and oxygen atoms in total. The molecule has 2 fully saturated rings. The van der Waals surface area contributed by atoms with E-state index in [0.717, 1.165) is 29.9 Å². The number of thioether (sulfide) groups is 1. The fourth-order valence-electron chi connectivity index (χ4n) is 4.65. The lowest BCUT2D eigenvalue weighted by molar-refractivity contribution is 0.106. The summed E-state index contributed by atoms with van der Waals surface area (Å²) in [5, 5.41) is 10.7. The number of benzene rings is 1. The third kappa shape index (κ3) is 2.13. The first-order chi connectivity index (χ1) is 9.31. The summed E-state index contributed by atoms with van der Waals surface area (Å²) in [6, 6.07) is 8.63. The van der Waals surface area contributed by atoms with E-state index < -0.39 is 0 Å². The Labute approximate surface area is 119 Å². The van der Waals surface area contributed by atoms with E-state index in [2.05, 4.69) is 24.3 Å². The van der Waals surface area contributed by atoms with Crippen LogP contribution in [0.3, 0.4) is 0 Å². The Bertz CT molecular complexity index is 472. The molecule has 2 bridgehead atoms. The van der Waals surface area contributed by atoms with Crippen molar-refractivity contribution in [2.45, 2.75) is 49.0 Å². The van der Waals surface area contributed by atoms with Crippen LogP contribution in [0.4, 0.5) is 0 Å². The largest absolute Gasteiger partial charge is 0.392 e. The fraction of sp³-hybridized carbons (Fsp3) is 0.647. The molecule has 102 valence electrons. The normalized spacial score (nSPS) is 37.5. The van der Waals surface area contributed by atoms with E-state index >= 15 is 0 Å². The summed E-state index contributed by atoms with van der Waals surface area (Å²) in [5.74, 6) is 4.18. The minimum atomic E-state index is -0.125. The summed E-state index contributed by atoms with van der Waals surface area (Å²) < 4.78 is 0. The molecule has 5 unspecified atom stereocenters. The maximum Gasteiger partial charge on any atom is 0.0619 e. The zero-order chi connectivity index (χ0) is 12.8. The van der Waals surface area contributed by atoms with Gasteiger partial charge in [0.15, 0.2) is 0 Å². The monoisotopic (exact) mass is 274 g/mol. The third-order valence-electron chi connectivity index (χ3n) is 5.63. The molecule has 1 N–H and O–H groups in total. The Morgan fingerprint density at radius 3 is 2.89 bits per heavy atom. The predicted octanol–water partition coefficient (Wildman–Crippen LogP) is 4.06. The van der Waals surface area contributed by atoms with Gasteiger partial charge in [0.2, 0.25) is 0 Å².